The lowest BCUT2D eigenvalue weighted by Gasteiger charge is -2.30. The molecule has 0 N–H and O–H groups in total. The Hall–Kier alpha value is -1.48. The van der Waals surface area contributed by atoms with Gasteiger partial charge in [-0.15, -0.1) is 0 Å². The van der Waals surface area contributed by atoms with E-state index in [4.69, 9.17) is 9.47 Å². The molecule has 0 amide bonds. The standard InChI is InChI=1S/C13H17NO2/c1-2-9-16-13-6-4-3-5-12(13)14-7-10-15-11-8-14/h2-6H,1,7-11H2. The minimum Gasteiger partial charge on any atom is -0.487 e. The van der Waals surface area contributed by atoms with Crippen molar-refractivity contribution in [1.82, 2.24) is 0 Å². The predicted molar refractivity (Wildman–Crippen MR) is 65.2 cm³/mol. The van der Waals surface area contributed by atoms with E-state index in [1.165, 1.54) is 0 Å². The van der Waals surface area contributed by atoms with E-state index in [0.29, 0.717) is 6.61 Å². The van der Waals surface area contributed by atoms with Crippen molar-refractivity contribution in [3.05, 3.63) is 36.9 Å². The molecular weight excluding hydrogens is 202 g/mol. The second-order valence-electron chi connectivity index (χ2n) is 3.67. The van der Waals surface area contributed by atoms with Gasteiger partial charge in [0.15, 0.2) is 0 Å². The summed E-state index contributed by atoms with van der Waals surface area (Å²) in [6.07, 6.45) is 1.76. The summed E-state index contributed by atoms with van der Waals surface area (Å²) in [5.41, 5.74) is 1.15. The summed E-state index contributed by atoms with van der Waals surface area (Å²) in [4.78, 5) is 2.29. The van der Waals surface area contributed by atoms with Crippen LogP contribution in [0.4, 0.5) is 5.69 Å². The maximum atomic E-state index is 5.64. The highest BCUT2D eigenvalue weighted by Gasteiger charge is 2.14. The minimum atomic E-state index is 0.543. The first-order valence-electron chi connectivity index (χ1n) is 5.57. The zero-order valence-corrected chi connectivity index (χ0v) is 9.39. The molecule has 3 heteroatoms. The molecular formula is C13H17NO2. The van der Waals surface area contributed by atoms with Crippen molar-refractivity contribution in [2.75, 3.05) is 37.8 Å². The Labute approximate surface area is 96.3 Å². The van der Waals surface area contributed by atoms with Crippen LogP contribution < -0.4 is 9.64 Å². The molecule has 0 saturated carbocycles. The van der Waals surface area contributed by atoms with Crippen LogP contribution in [0, 0.1) is 0 Å². The van der Waals surface area contributed by atoms with Crippen LogP contribution in [0.2, 0.25) is 0 Å². The Morgan fingerprint density at radius 2 is 2.06 bits per heavy atom. The second kappa shape index (κ2) is 5.56. The van der Waals surface area contributed by atoms with Gasteiger partial charge in [0, 0.05) is 13.1 Å². The molecule has 1 aliphatic rings. The lowest BCUT2D eigenvalue weighted by Crippen LogP contribution is -2.36. The molecule has 86 valence electrons. The number of para-hydroxylation sites is 2. The molecule has 3 nitrogen and oxygen atoms in total. The molecule has 1 saturated heterocycles. The minimum absolute atomic E-state index is 0.543. The van der Waals surface area contributed by atoms with Gasteiger partial charge in [-0.1, -0.05) is 24.8 Å². The van der Waals surface area contributed by atoms with Gasteiger partial charge in [-0.25, -0.2) is 0 Å². The van der Waals surface area contributed by atoms with E-state index in [9.17, 15) is 0 Å². The number of rotatable bonds is 4. The van der Waals surface area contributed by atoms with Crippen molar-refractivity contribution < 1.29 is 9.47 Å². The van der Waals surface area contributed by atoms with Crippen LogP contribution in [0.15, 0.2) is 36.9 Å². The fraction of sp³-hybridized carbons (Fsp3) is 0.385. The van der Waals surface area contributed by atoms with Crippen LogP contribution in [0.5, 0.6) is 5.75 Å². The molecule has 0 bridgehead atoms. The zero-order valence-electron chi connectivity index (χ0n) is 9.39. The maximum absolute atomic E-state index is 5.64. The van der Waals surface area contributed by atoms with Crippen LogP contribution in [0.25, 0.3) is 0 Å². The first-order chi connectivity index (χ1) is 7.92. The summed E-state index contributed by atoms with van der Waals surface area (Å²) in [6, 6.07) is 8.10. The van der Waals surface area contributed by atoms with Gasteiger partial charge < -0.3 is 14.4 Å². The molecule has 0 radical (unpaired) electrons. The smallest absolute Gasteiger partial charge is 0.143 e. The Morgan fingerprint density at radius 3 is 2.81 bits per heavy atom. The molecule has 16 heavy (non-hydrogen) atoms. The lowest BCUT2D eigenvalue weighted by molar-refractivity contribution is 0.122. The number of nitrogens with zero attached hydrogens (tertiary/aromatic N) is 1. The van der Waals surface area contributed by atoms with Crippen LogP contribution in [-0.4, -0.2) is 32.9 Å². The molecule has 0 aromatic heterocycles. The summed E-state index contributed by atoms with van der Waals surface area (Å²) in [5, 5.41) is 0. The molecule has 1 heterocycles. The van der Waals surface area contributed by atoms with Crippen molar-refractivity contribution in [2.24, 2.45) is 0 Å². The van der Waals surface area contributed by atoms with Crippen molar-refractivity contribution in [3.8, 4) is 5.75 Å². The van der Waals surface area contributed by atoms with Crippen molar-refractivity contribution >= 4 is 5.69 Å². The predicted octanol–water partition coefficient (Wildman–Crippen LogP) is 2.09. The molecule has 1 aromatic carbocycles. The third-order valence-corrected chi connectivity index (χ3v) is 2.57. The molecule has 1 fully saturated rings. The average Bonchev–Trinajstić information content (AvgIpc) is 2.38. The monoisotopic (exact) mass is 219 g/mol. The van der Waals surface area contributed by atoms with Crippen molar-refractivity contribution in [3.63, 3.8) is 0 Å². The zero-order chi connectivity index (χ0) is 11.2. The molecule has 1 aromatic rings. The topological polar surface area (TPSA) is 21.7 Å². The number of hydrogen-bond donors (Lipinski definition) is 0. The summed E-state index contributed by atoms with van der Waals surface area (Å²) >= 11 is 0. The normalized spacial score (nSPS) is 15.9. The SMILES string of the molecule is C=CCOc1ccccc1N1CCOCC1. The van der Waals surface area contributed by atoms with Gasteiger partial charge in [-0.2, -0.15) is 0 Å². The van der Waals surface area contributed by atoms with Crippen LogP contribution in [0.1, 0.15) is 0 Å². The number of benzene rings is 1. The highest BCUT2D eigenvalue weighted by atomic mass is 16.5. The summed E-state index contributed by atoms with van der Waals surface area (Å²) in [5.74, 6) is 0.921. The fourth-order valence-corrected chi connectivity index (χ4v) is 1.79. The maximum Gasteiger partial charge on any atom is 0.143 e. The number of ether oxygens (including phenoxy) is 2. The van der Waals surface area contributed by atoms with E-state index in [2.05, 4.69) is 17.5 Å². The summed E-state index contributed by atoms with van der Waals surface area (Å²) in [7, 11) is 0. The van der Waals surface area contributed by atoms with Crippen LogP contribution in [-0.2, 0) is 4.74 Å². The number of hydrogen-bond acceptors (Lipinski definition) is 3. The van der Waals surface area contributed by atoms with Gasteiger partial charge in [0.2, 0.25) is 0 Å². The molecule has 0 unspecified atom stereocenters. The average molecular weight is 219 g/mol. The molecule has 2 rings (SSSR count). The Balaban J connectivity index is 2.14. The third-order valence-electron chi connectivity index (χ3n) is 2.57. The first-order valence-corrected chi connectivity index (χ1v) is 5.57. The van der Waals surface area contributed by atoms with E-state index in [1.807, 2.05) is 18.2 Å². The molecule has 0 aliphatic carbocycles. The highest BCUT2D eigenvalue weighted by Crippen LogP contribution is 2.28. The lowest BCUT2D eigenvalue weighted by atomic mass is 10.2. The highest BCUT2D eigenvalue weighted by molar-refractivity contribution is 5.58. The van der Waals surface area contributed by atoms with Gasteiger partial charge in [0.1, 0.15) is 12.4 Å². The number of morpholine rings is 1. The molecule has 0 spiro atoms. The largest absolute Gasteiger partial charge is 0.487 e. The number of anilines is 1. The summed E-state index contributed by atoms with van der Waals surface area (Å²) in [6.45, 7) is 7.63. The Bertz CT molecular complexity index is 346. The van der Waals surface area contributed by atoms with E-state index in [0.717, 1.165) is 37.7 Å². The first kappa shape index (κ1) is 11.0. The Morgan fingerprint density at radius 1 is 1.31 bits per heavy atom. The van der Waals surface area contributed by atoms with Crippen LogP contribution >= 0.6 is 0 Å². The van der Waals surface area contributed by atoms with E-state index >= 15 is 0 Å². The van der Waals surface area contributed by atoms with Gasteiger partial charge in [-0.3, -0.25) is 0 Å². The molecule has 1 aliphatic heterocycles. The van der Waals surface area contributed by atoms with E-state index < -0.39 is 0 Å². The van der Waals surface area contributed by atoms with Crippen LogP contribution in [0.3, 0.4) is 0 Å². The second-order valence-corrected chi connectivity index (χ2v) is 3.67. The van der Waals surface area contributed by atoms with Crippen molar-refractivity contribution in [2.45, 2.75) is 0 Å². The fourth-order valence-electron chi connectivity index (χ4n) is 1.79. The summed E-state index contributed by atoms with van der Waals surface area (Å²) < 4.78 is 11.0. The van der Waals surface area contributed by atoms with Gasteiger partial charge in [-0.05, 0) is 12.1 Å². The quantitative estimate of drug-likeness (QED) is 0.724. The van der Waals surface area contributed by atoms with E-state index in [1.54, 1.807) is 6.08 Å². The van der Waals surface area contributed by atoms with Crippen molar-refractivity contribution in [1.29, 1.82) is 0 Å². The third kappa shape index (κ3) is 2.55. The molecule has 0 atom stereocenters. The van der Waals surface area contributed by atoms with E-state index in [-0.39, 0.29) is 0 Å². The Kier molecular flexibility index (Phi) is 3.83. The van der Waals surface area contributed by atoms with Gasteiger partial charge in [0.25, 0.3) is 0 Å². The van der Waals surface area contributed by atoms with Gasteiger partial charge >= 0.3 is 0 Å². The van der Waals surface area contributed by atoms with Gasteiger partial charge in [0.05, 0.1) is 18.9 Å².